The molecule has 2 rings (SSSR count). The van der Waals surface area contributed by atoms with Crippen LogP contribution in [0.3, 0.4) is 0 Å². The molecule has 2 N–H and O–H groups in total. The Hall–Kier alpha value is -2.44. The van der Waals surface area contributed by atoms with Crippen molar-refractivity contribution in [2.75, 3.05) is 11.4 Å². The molecule has 0 saturated carbocycles. The van der Waals surface area contributed by atoms with E-state index in [4.69, 9.17) is 5.11 Å². The Morgan fingerprint density at radius 3 is 2.89 bits per heavy atom. The molecule has 0 aliphatic carbocycles. The minimum absolute atomic E-state index is 0.158. The summed E-state index contributed by atoms with van der Waals surface area (Å²) in [5, 5.41) is 10.9. The Morgan fingerprint density at radius 2 is 2.22 bits per heavy atom. The topological polar surface area (TPSA) is 99.6 Å². The quantitative estimate of drug-likeness (QED) is 0.794. The average Bonchev–Trinajstić information content (AvgIpc) is 2.28. The van der Waals surface area contributed by atoms with Crippen molar-refractivity contribution in [2.45, 2.75) is 12.8 Å². The first-order valence-electron chi connectivity index (χ1n) is 5.33. The number of carbonyl (C=O) groups is 3. The van der Waals surface area contributed by atoms with Crippen LogP contribution in [-0.4, -0.2) is 34.5 Å². The smallest absolute Gasteiger partial charge is 0.328 e. The molecule has 7 heteroatoms. The molecule has 1 aliphatic heterocycles. The predicted molar refractivity (Wildman–Crippen MR) is 61.1 cm³/mol. The van der Waals surface area contributed by atoms with E-state index < -0.39 is 12.0 Å². The number of imide groups is 1. The lowest BCUT2D eigenvalue weighted by Gasteiger charge is -2.26. The number of nitrogens with zero attached hydrogens (tertiary/aromatic N) is 2. The molecule has 0 bridgehead atoms. The van der Waals surface area contributed by atoms with Gasteiger partial charge in [0.05, 0.1) is 18.3 Å². The normalized spacial score (nSPS) is 15.4. The second kappa shape index (κ2) is 4.82. The fraction of sp³-hybridized carbons (Fsp3) is 0.273. The van der Waals surface area contributed by atoms with E-state index in [1.165, 1.54) is 17.3 Å². The molecule has 2 heterocycles. The maximum atomic E-state index is 11.6. The third-order valence-electron chi connectivity index (χ3n) is 2.50. The van der Waals surface area contributed by atoms with Gasteiger partial charge in [0.2, 0.25) is 5.91 Å². The van der Waals surface area contributed by atoms with Crippen molar-refractivity contribution in [1.29, 1.82) is 0 Å². The predicted octanol–water partition coefficient (Wildman–Crippen LogP) is 0.155. The Labute approximate surface area is 102 Å². The largest absolute Gasteiger partial charge is 0.481 e. The Bertz CT molecular complexity index is 515. The molecule has 0 atom stereocenters. The SMILES string of the molecule is O=C(O)Cc1cncc(N2CCC(=O)NC2=O)c1. The van der Waals surface area contributed by atoms with Crippen molar-refractivity contribution in [1.82, 2.24) is 10.3 Å². The summed E-state index contributed by atoms with van der Waals surface area (Å²) < 4.78 is 0. The molecule has 1 saturated heterocycles. The summed E-state index contributed by atoms with van der Waals surface area (Å²) in [4.78, 5) is 38.5. The second-order valence-electron chi connectivity index (χ2n) is 3.88. The van der Waals surface area contributed by atoms with Crippen molar-refractivity contribution in [2.24, 2.45) is 0 Å². The molecule has 0 radical (unpaired) electrons. The van der Waals surface area contributed by atoms with Gasteiger partial charge in [-0.2, -0.15) is 0 Å². The third kappa shape index (κ3) is 2.62. The van der Waals surface area contributed by atoms with Gasteiger partial charge in [-0.1, -0.05) is 0 Å². The highest BCUT2D eigenvalue weighted by atomic mass is 16.4. The summed E-state index contributed by atoms with van der Waals surface area (Å²) in [6.45, 7) is 0.267. The van der Waals surface area contributed by atoms with Crippen LogP contribution < -0.4 is 10.2 Å². The van der Waals surface area contributed by atoms with Crippen LogP contribution in [0.15, 0.2) is 18.5 Å². The van der Waals surface area contributed by atoms with Crippen LogP contribution in [0.5, 0.6) is 0 Å². The van der Waals surface area contributed by atoms with Crippen LogP contribution in [0.1, 0.15) is 12.0 Å². The van der Waals surface area contributed by atoms with Crippen LogP contribution in [0.2, 0.25) is 0 Å². The number of hydrogen-bond donors (Lipinski definition) is 2. The first-order valence-corrected chi connectivity index (χ1v) is 5.33. The maximum absolute atomic E-state index is 11.6. The van der Waals surface area contributed by atoms with Crippen molar-refractivity contribution < 1.29 is 19.5 Å². The van der Waals surface area contributed by atoms with Gasteiger partial charge in [-0.25, -0.2) is 4.79 Å². The number of rotatable bonds is 3. The molecule has 1 aliphatic rings. The van der Waals surface area contributed by atoms with Gasteiger partial charge in [0, 0.05) is 19.2 Å². The highest BCUT2D eigenvalue weighted by molar-refractivity contribution is 6.05. The van der Waals surface area contributed by atoms with Gasteiger partial charge >= 0.3 is 12.0 Å². The lowest BCUT2D eigenvalue weighted by atomic mass is 10.2. The van der Waals surface area contributed by atoms with Crippen LogP contribution in [0, 0.1) is 0 Å². The van der Waals surface area contributed by atoms with Crippen LogP contribution >= 0.6 is 0 Å². The molecule has 3 amide bonds. The Kier molecular flexibility index (Phi) is 3.22. The zero-order chi connectivity index (χ0) is 13.1. The average molecular weight is 249 g/mol. The van der Waals surface area contributed by atoms with Gasteiger partial charge in [-0.15, -0.1) is 0 Å². The number of hydrogen-bond acceptors (Lipinski definition) is 4. The molecule has 1 aromatic rings. The summed E-state index contributed by atoms with van der Waals surface area (Å²) >= 11 is 0. The summed E-state index contributed by atoms with van der Waals surface area (Å²) in [6, 6.07) is 1.07. The van der Waals surface area contributed by atoms with Gasteiger partial charge < -0.3 is 5.11 Å². The minimum atomic E-state index is -0.966. The summed E-state index contributed by atoms with van der Waals surface area (Å²) in [7, 11) is 0. The molecule has 1 aromatic heterocycles. The number of carbonyl (C=O) groups excluding carboxylic acids is 2. The Balaban J connectivity index is 2.20. The minimum Gasteiger partial charge on any atom is -0.481 e. The molecule has 18 heavy (non-hydrogen) atoms. The lowest BCUT2D eigenvalue weighted by Crippen LogP contribution is -2.49. The van der Waals surface area contributed by atoms with Crippen LogP contribution in [0.4, 0.5) is 10.5 Å². The fourth-order valence-electron chi connectivity index (χ4n) is 1.70. The van der Waals surface area contributed by atoms with E-state index in [-0.39, 0.29) is 25.3 Å². The highest BCUT2D eigenvalue weighted by Crippen LogP contribution is 2.17. The summed E-state index contributed by atoms with van der Waals surface area (Å²) in [5.41, 5.74) is 0.989. The maximum Gasteiger partial charge on any atom is 0.328 e. The van der Waals surface area contributed by atoms with Gasteiger partial charge in [-0.05, 0) is 11.6 Å². The standard InChI is InChI=1S/C11H11N3O4/c15-9-1-2-14(11(18)13-9)8-3-7(4-10(16)17)5-12-6-8/h3,5-6H,1-2,4H2,(H,16,17)(H,13,15,18). The van der Waals surface area contributed by atoms with Gasteiger partial charge in [0.25, 0.3) is 0 Å². The van der Waals surface area contributed by atoms with Crippen molar-refractivity contribution in [3.8, 4) is 0 Å². The van der Waals surface area contributed by atoms with E-state index in [1.54, 1.807) is 6.07 Å². The zero-order valence-corrected chi connectivity index (χ0v) is 9.42. The lowest BCUT2D eigenvalue weighted by molar-refractivity contribution is -0.136. The molecule has 7 nitrogen and oxygen atoms in total. The molecule has 94 valence electrons. The number of amides is 3. The first kappa shape index (κ1) is 12.0. The number of urea groups is 1. The number of aromatic nitrogens is 1. The number of carboxylic acids is 1. The van der Waals surface area contributed by atoms with E-state index in [9.17, 15) is 14.4 Å². The van der Waals surface area contributed by atoms with E-state index in [0.29, 0.717) is 11.3 Å². The first-order chi connectivity index (χ1) is 8.56. The molecule has 0 aromatic carbocycles. The van der Waals surface area contributed by atoms with Crippen LogP contribution in [0.25, 0.3) is 0 Å². The Morgan fingerprint density at radius 1 is 1.44 bits per heavy atom. The fourth-order valence-corrected chi connectivity index (χ4v) is 1.70. The van der Waals surface area contributed by atoms with Crippen molar-refractivity contribution in [3.05, 3.63) is 24.0 Å². The number of nitrogens with one attached hydrogen (secondary N) is 1. The number of pyridine rings is 1. The third-order valence-corrected chi connectivity index (χ3v) is 2.50. The molecule has 0 spiro atoms. The highest BCUT2D eigenvalue weighted by Gasteiger charge is 2.24. The van der Waals surface area contributed by atoms with Gasteiger partial charge in [0.15, 0.2) is 0 Å². The summed E-state index contributed by atoms with van der Waals surface area (Å²) in [5.74, 6) is -1.28. The van der Waals surface area contributed by atoms with Crippen LogP contribution in [-0.2, 0) is 16.0 Å². The van der Waals surface area contributed by atoms with Crippen molar-refractivity contribution in [3.63, 3.8) is 0 Å². The van der Waals surface area contributed by atoms with Gasteiger partial charge in [0.1, 0.15) is 0 Å². The number of anilines is 1. The number of aliphatic carboxylic acids is 1. The zero-order valence-electron chi connectivity index (χ0n) is 9.42. The molecule has 0 unspecified atom stereocenters. The van der Waals surface area contributed by atoms with E-state index in [1.807, 2.05) is 0 Å². The number of carboxylic acid groups (broad SMARTS) is 1. The van der Waals surface area contributed by atoms with Gasteiger partial charge in [-0.3, -0.25) is 24.8 Å². The van der Waals surface area contributed by atoms with Crippen molar-refractivity contribution >= 4 is 23.6 Å². The molecule has 1 fully saturated rings. The van der Waals surface area contributed by atoms with E-state index in [0.717, 1.165) is 0 Å². The summed E-state index contributed by atoms with van der Waals surface area (Å²) in [6.07, 6.45) is 2.95. The second-order valence-corrected chi connectivity index (χ2v) is 3.88. The molecular formula is C11H11N3O4. The van der Waals surface area contributed by atoms with E-state index in [2.05, 4.69) is 10.3 Å². The van der Waals surface area contributed by atoms with E-state index >= 15 is 0 Å². The monoisotopic (exact) mass is 249 g/mol. The molecular weight excluding hydrogens is 238 g/mol.